The van der Waals surface area contributed by atoms with E-state index in [0.717, 1.165) is 30.8 Å². The second kappa shape index (κ2) is 8.91. The van der Waals surface area contributed by atoms with E-state index in [1.54, 1.807) is 0 Å². The van der Waals surface area contributed by atoms with E-state index in [1.165, 1.54) is 11.1 Å². The number of carbonyl (C=O) groups is 2. The number of fused-ring (bicyclic) bond motifs is 1. The molecule has 1 aliphatic rings. The highest BCUT2D eigenvalue weighted by Crippen LogP contribution is 2.32. The minimum absolute atomic E-state index is 0.100. The Bertz CT molecular complexity index is 828. The quantitative estimate of drug-likeness (QED) is 0.798. The van der Waals surface area contributed by atoms with Crippen LogP contribution in [0, 0.1) is 0 Å². The number of likely N-dealkylation sites (N-methyl/N-ethyl adjacent to an activating group) is 1. The minimum Gasteiger partial charge on any atom is -0.343 e. The summed E-state index contributed by atoms with van der Waals surface area (Å²) < 4.78 is 0. The molecule has 0 unspecified atom stereocenters. The van der Waals surface area contributed by atoms with Crippen LogP contribution in [0.15, 0.2) is 48.5 Å². The molecule has 5 nitrogen and oxygen atoms in total. The lowest BCUT2D eigenvalue weighted by Crippen LogP contribution is -2.39. The van der Waals surface area contributed by atoms with Gasteiger partial charge in [0, 0.05) is 30.7 Å². The fraction of sp³-hybridized carbons (Fsp3) is 0.391. The van der Waals surface area contributed by atoms with Gasteiger partial charge in [0.2, 0.25) is 5.91 Å². The third-order valence-corrected chi connectivity index (χ3v) is 5.59. The Morgan fingerprint density at radius 2 is 1.71 bits per heavy atom. The van der Waals surface area contributed by atoms with Gasteiger partial charge in [0.15, 0.2) is 0 Å². The van der Waals surface area contributed by atoms with Crippen molar-refractivity contribution < 1.29 is 9.59 Å². The van der Waals surface area contributed by atoms with Gasteiger partial charge in [-0.2, -0.15) is 0 Å². The molecule has 0 spiro atoms. The summed E-state index contributed by atoms with van der Waals surface area (Å²) in [6.07, 6.45) is 1.24. The summed E-state index contributed by atoms with van der Waals surface area (Å²) in [6, 6.07) is 15.7. The van der Waals surface area contributed by atoms with Gasteiger partial charge in [-0.25, -0.2) is 4.79 Å². The number of amides is 3. The maximum absolute atomic E-state index is 12.4. The van der Waals surface area contributed by atoms with Crippen LogP contribution in [-0.4, -0.2) is 36.0 Å². The van der Waals surface area contributed by atoms with Crippen LogP contribution >= 0.6 is 0 Å². The zero-order chi connectivity index (χ0) is 20.1. The predicted molar refractivity (Wildman–Crippen MR) is 113 cm³/mol. The molecule has 0 bridgehead atoms. The first kappa shape index (κ1) is 19.9. The number of hydrogen-bond acceptors (Lipinski definition) is 2. The molecule has 148 valence electrons. The normalized spacial score (nSPS) is 17.7. The van der Waals surface area contributed by atoms with E-state index in [4.69, 9.17) is 0 Å². The Morgan fingerprint density at radius 1 is 1.04 bits per heavy atom. The number of benzene rings is 2. The van der Waals surface area contributed by atoms with Gasteiger partial charge in [-0.05, 0) is 49.1 Å². The van der Waals surface area contributed by atoms with E-state index in [9.17, 15) is 9.59 Å². The summed E-state index contributed by atoms with van der Waals surface area (Å²) >= 11 is 0. The highest BCUT2D eigenvalue weighted by atomic mass is 16.2. The predicted octanol–water partition coefficient (Wildman–Crippen LogP) is 3.95. The average molecular weight is 380 g/mol. The lowest BCUT2D eigenvalue weighted by atomic mass is 10.0. The number of anilines is 1. The molecular weight excluding hydrogens is 350 g/mol. The number of urea groups is 1. The summed E-state index contributed by atoms with van der Waals surface area (Å²) in [5.41, 5.74) is 4.29. The van der Waals surface area contributed by atoms with Crippen LogP contribution in [0.3, 0.4) is 0 Å². The number of nitrogens with zero attached hydrogens (tertiary/aromatic N) is 1. The highest BCUT2D eigenvalue weighted by Gasteiger charge is 2.29. The number of nitrogens with one attached hydrogen (secondary N) is 2. The van der Waals surface area contributed by atoms with Gasteiger partial charge in [0.25, 0.3) is 0 Å². The molecule has 2 atom stereocenters. The van der Waals surface area contributed by atoms with Crippen molar-refractivity contribution in [3.63, 3.8) is 0 Å². The molecule has 0 aliphatic heterocycles. The molecule has 1 aliphatic carbocycles. The third kappa shape index (κ3) is 4.53. The molecule has 5 heteroatoms. The van der Waals surface area contributed by atoms with E-state index in [1.807, 2.05) is 55.1 Å². The summed E-state index contributed by atoms with van der Waals surface area (Å²) in [5.74, 6) is 0.425. The molecule has 0 aromatic heterocycles. The van der Waals surface area contributed by atoms with Gasteiger partial charge in [-0.15, -0.1) is 0 Å². The third-order valence-electron chi connectivity index (χ3n) is 5.59. The highest BCUT2D eigenvalue weighted by molar-refractivity contribution is 5.89. The standard InChI is InChI=1S/C23H29N3O2/c1-4-26(5-2)22(27)14-17-10-12-19(13-11-17)24-23(28)25-21-15-18-8-6-7-9-20(18)16(21)3/h6-13,16,21H,4-5,14-15H2,1-3H3,(H2,24,25,28)/t16-,21+/m0/s1. The first-order valence-electron chi connectivity index (χ1n) is 10.0. The van der Waals surface area contributed by atoms with E-state index >= 15 is 0 Å². The SMILES string of the molecule is CCN(CC)C(=O)Cc1ccc(NC(=O)N[C@@H]2Cc3ccccc3[C@@H]2C)cc1. The molecule has 0 saturated carbocycles. The van der Waals surface area contributed by atoms with E-state index in [2.05, 4.69) is 29.7 Å². The van der Waals surface area contributed by atoms with Gasteiger partial charge in [-0.3, -0.25) is 4.79 Å². The Kier molecular flexibility index (Phi) is 6.34. The molecule has 0 heterocycles. The minimum atomic E-state index is -0.198. The van der Waals surface area contributed by atoms with E-state index in [-0.39, 0.29) is 18.0 Å². The zero-order valence-corrected chi connectivity index (χ0v) is 16.9. The second-order valence-corrected chi connectivity index (χ2v) is 7.34. The maximum Gasteiger partial charge on any atom is 0.319 e. The van der Waals surface area contributed by atoms with Crippen molar-refractivity contribution in [3.05, 3.63) is 65.2 Å². The molecule has 3 rings (SSSR count). The van der Waals surface area contributed by atoms with Gasteiger partial charge in [-0.1, -0.05) is 43.3 Å². The summed E-state index contributed by atoms with van der Waals surface area (Å²) in [6.45, 7) is 7.56. The Morgan fingerprint density at radius 3 is 2.36 bits per heavy atom. The Balaban J connectivity index is 1.53. The lowest BCUT2D eigenvalue weighted by molar-refractivity contribution is -0.130. The van der Waals surface area contributed by atoms with E-state index < -0.39 is 0 Å². The average Bonchev–Trinajstić information content (AvgIpc) is 3.00. The fourth-order valence-corrected chi connectivity index (χ4v) is 3.88. The van der Waals surface area contributed by atoms with Gasteiger partial charge in [0.05, 0.1) is 6.42 Å². The lowest BCUT2D eigenvalue weighted by Gasteiger charge is -2.19. The largest absolute Gasteiger partial charge is 0.343 e. The van der Waals surface area contributed by atoms with Gasteiger partial charge in [0.1, 0.15) is 0 Å². The van der Waals surface area contributed by atoms with Crippen molar-refractivity contribution in [1.82, 2.24) is 10.2 Å². The molecule has 2 N–H and O–H groups in total. The molecule has 3 amide bonds. The molecule has 0 fully saturated rings. The fourth-order valence-electron chi connectivity index (χ4n) is 3.88. The van der Waals surface area contributed by atoms with Crippen LogP contribution in [0.5, 0.6) is 0 Å². The second-order valence-electron chi connectivity index (χ2n) is 7.34. The van der Waals surface area contributed by atoms with Crippen molar-refractivity contribution in [2.75, 3.05) is 18.4 Å². The maximum atomic E-state index is 12.4. The first-order chi connectivity index (χ1) is 13.5. The first-order valence-corrected chi connectivity index (χ1v) is 10.0. The monoisotopic (exact) mass is 379 g/mol. The number of rotatable bonds is 6. The van der Waals surface area contributed by atoms with Crippen molar-refractivity contribution in [2.45, 2.75) is 45.6 Å². The summed E-state index contributed by atoms with van der Waals surface area (Å²) in [5, 5.41) is 5.99. The Labute approximate surface area is 167 Å². The number of hydrogen-bond donors (Lipinski definition) is 2. The summed E-state index contributed by atoms with van der Waals surface area (Å²) in [7, 11) is 0. The molecule has 28 heavy (non-hydrogen) atoms. The topological polar surface area (TPSA) is 61.4 Å². The van der Waals surface area contributed by atoms with Crippen LogP contribution < -0.4 is 10.6 Å². The van der Waals surface area contributed by atoms with E-state index in [0.29, 0.717) is 12.3 Å². The molecular formula is C23H29N3O2. The van der Waals surface area contributed by atoms with Gasteiger partial charge < -0.3 is 15.5 Å². The number of carbonyl (C=O) groups excluding carboxylic acids is 2. The molecule has 2 aromatic rings. The van der Waals surface area contributed by atoms with Crippen molar-refractivity contribution >= 4 is 17.6 Å². The smallest absolute Gasteiger partial charge is 0.319 e. The molecule has 0 saturated heterocycles. The van der Waals surface area contributed by atoms with Crippen LogP contribution in [0.4, 0.5) is 10.5 Å². The summed E-state index contributed by atoms with van der Waals surface area (Å²) in [4.78, 5) is 26.4. The molecule has 0 radical (unpaired) electrons. The van der Waals surface area contributed by atoms with Crippen LogP contribution in [0.1, 0.15) is 43.4 Å². The zero-order valence-electron chi connectivity index (χ0n) is 16.9. The Hall–Kier alpha value is -2.82. The van der Waals surface area contributed by atoms with Crippen LogP contribution in [0.25, 0.3) is 0 Å². The molecule has 2 aromatic carbocycles. The van der Waals surface area contributed by atoms with Crippen molar-refractivity contribution in [3.8, 4) is 0 Å². The van der Waals surface area contributed by atoms with Gasteiger partial charge >= 0.3 is 6.03 Å². The van der Waals surface area contributed by atoms with Crippen molar-refractivity contribution in [1.29, 1.82) is 0 Å². The van der Waals surface area contributed by atoms with Crippen LogP contribution in [-0.2, 0) is 17.6 Å². The van der Waals surface area contributed by atoms with Crippen LogP contribution in [0.2, 0.25) is 0 Å². The van der Waals surface area contributed by atoms with Crippen molar-refractivity contribution in [2.24, 2.45) is 0 Å².